The molecule has 0 unspecified atom stereocenters. The number of tetrazole rings is 1. The number of rotatable bonds is 3. The lowest BCUT2D eigenvalue weighted by atomic mass is 10.2. The minimum atomic E-state index is 0.323. The molecule has 100 valence electrons. The Morgan fingerprint density at radius 3 is 2.80 bits per heavy atom. The van der Waals surface area contributed by atoms with Gasteiger partial charge >= 0.3 is 0 Å². The van der Waals surface area contributed by atoms with Crippen LogP contribution < -0.4 is 5.43 Å². The number of nitrogens with zero attached hydrogens (tertiary/aromatic N) is 7. The van der Waals surface area contributed by atoms with E-state index in [0.29, 0.717) is 17.3 Å². The molecule has 8 heteroatoms. The van der Waals surface area contributed by atoms with E-state index in [0.717, 1.165) is 5.56 Å². The van der Waals surface area contributed by atoms with E-state index in [1.807, 2.05) is 31.2 Å². The first-order valence-electron chi connectivity index (χ1n) is 6.01. The molecule has 1 aromatic carbocycles. The highest BCUT2D eigenvalue weighted by atomic mass is 15.6. The van der Waals surface area contributed by atoms with Crippen molar-refractivity contribution in [2.45, 2.75) is 13.8 Å². The quantitative estimate of drug-likeness (QED) is 0.562. The number of hydrogen-bond acceptors (Lipinski definition) is 7. The summed E-state index contributed by atoms with van der Waals surface area (Å²) in [7, 11) is 0. The largest absolute Gasteiger partial charge is 0.293 e. The third-order valence-corrected chi connectivity index (χ3v) is 2.70. The number of fused-ring (bicyclic) bond motifs is 1. The Bertz CT molecular complexity index is 759. The predicted molar refractivity (Wildman–Crippen MR) is 73.5 cm³/mol. The van der Waals surface area contributed by atoms with Crippen molar-refractivity contribution in [3.63, 3.8) is 0 Å². The Hall–Kier alpha value is -2.90. The average Bonchev–Trinajstić information content (AvgIpc) is 2.88. The van der Waals surface area contributed by atoms with Crippen LogP contribution in [0.25, 0.3) is 5.78 Å². The second kappa shape index (κ2) is 5.00. The van der Waals surface area contributed by atoms with Gasteiger partial charge in [-0.05, 0) is 29.8 Å². The summed E-state index contributed by atoms with van der Waals surface area (Å²) in [5, 5.41) is 19.2. The molecule has 2 aromatic heterocycles. The second-order valence-corrected chi connectivity index (χ2v) is 4.29. The molecule has 0 atom stereocenters. The maximum atomic E-state index is 4.22. The van der Waals surface area contributed by atoms with Crippen LogP contribution in [0.15, 0.2) is 29.4 Å². The third-order valence-electron chi connectivity index (χ3n) is 2.70. The molecular formula is C12H12N8. The molecule has 0 saturated heterocycles. The first kappa shape index (κ1) is 12.2. The molecule has 0 aliphatic heterocycles. The van der Waals surface area contributed by atoms with Gasteiger partial charge in [-0.1, -0.05) is 39.6 Å². The second-order valence-electron chi connectivity index (χ2n) is 4.29. The van der Waals surface area contributed by atoms with E-state index in [1.54, 1.807) is 13.1 Å². The molecule has 0 fully saturated rings. The van der Waals surface area contributed by atoms with Crippen LogP contribution in [0.3, 0.4) is 0 Å². The summed E-state index contributed by atoms with van der Waals surface area (Å²) in [5.41, 5.74) is 5.71. The van der Waals surface area contributed by atoms with E-state index in [1.165, 1.54) is 10.2 Å². The highest BCUT2D eigenvalue weighted by Crippen LogP contribution is 2.08. The van der Waals surface area contributed by atoms with E-state index in [4.69, 9.17) is 0 Å². The van der Waals surface area contributed by atoms with Crippen molar-refractivity contribution in [2.75, 3.05) is 5.43 Å². The van der Waals surface area contributed by atoms with E-state index in [9.17, 15) is 0 Å². The number of nitrogens with one attached hydrogen (secondary N) is 1. The van der Waals surface area contributed by atoms with Gasteiger partial charge in [-0.2, -0.15) is 10.1 Å². The normalized spacial score (nSPS) is 11.3. The number of benzene rings is 1. The molecule has 0 saturated carbocycles. The lowest BCUT2D eigenvalue weighted by Crippen LogP contribution is -2.05. The molecule has 0 aliphatic rings. The van der Waals surface area contributed by atoms with Crippen LogP contribution >= 0.6 is 0 Å². The standard InChI is InChI=1S/C12H12N8/c1-8-3-5-10(6-4-8)7-13-15-11-9(2)17-20-12(14-11)16-18-19-20/h3-7H,1-2H3,(H,14,15,16,19). The Morgan fingerprint density at radius 1 is 1.20 bits per heavy atom. The van der Waals surface area contributed by atoms with E-state index < -0.39 is 0 Å². The van der Waals surface area contributed by atoms with Crippen LogP contribution in [0.5, 0.6) is 0 Å². The molecule has 2 heterocycles. The lowest BCUT2D eigenvalue weighted by molar-refractivity contribution is 0.714. The Balaban J connectivity index is 1.79. The first-order valence-corrected chi connectivity index (χ1v) is 6.01. The van der Waals surface area contributed by atoms with E-state index >= 15 is 0 Å². The SMILES string of the molecule is Cc1ccc(C=NNc2nc3nnnn3nc2C)cc1. The fraction of sp³-hybridized carbons (Fsp3) is 0.167. The van der Waals surface area contributed by atoms with Gasteiger partial charge in [-0.15, -0.1) is 5.10 Å². The average molecular weight is 268 g/mol. The van der Waals surface area contributed by atoms with Gasteiger partial charge in [0.25, 0.3) is 5.78 Å². The Kier molecular flexibility index (Phi) is 3.04. The fourth-order valence-corrected chi connectivity index (χ4v) is 1.61. The molecule has 3 rings (SSSR count). The van der Waals surface area contributed by atoms with Gasteiger partial charge in [0.1, 0.15) is 5.69 Å². The number of aryl methyl sites for hydroxylation is 2. The van der Waals surface area contributed by atoms with Crippen molar-refractivity contribution in [2.24, 2.45) is 5.10 Å². The van der Waals surface area contributed by atoms with Crippen LogP contribution in [0.4, 0.5) is 5.82 Å². The molecule has 0 amide bonds. The Morgan fingerprint density at radius 2 is 2.00 bits per heavy atom. The van der Waals surface area contributed by atoms with Gasteiger partial charge < -0.3 is 0 Å². The zero-order valence-electron chi connectivity index (χ0n) is 11.0. The number of hydrogen-bond donors (Lipinski definition) is 1. The van der Waals surface area contributed by atoms with Crippen molar-refractivity contribution >= 4 is 17.8 Å². The molecule has 1 N–H and O–H groups in total. The fourth-order valence-electron chi connectivity index (χ4n) is 1.61. The van der Waals surface area contributed by atoms with Crippen LogP contribution in [0, 0.1) is 13.8 Å². The van der Waals surface area contributed by atoms with Gasteiger partial charge in [0.05, 0.1) is 6.21 Å². The summed E-state index contributed by atoms with van der Waals surface area (Å²) in [4.78, 5) is 4.22. The summed E-state index contributed by atoms with van der Waals surface area (Å²) in [6.45, 7) is 3.85. The minimum absolute atomic E-state index is 0.323. The lowest BCUT2D eigenvalue weighted by Gasteiger charge is -2.02. The highest BCUT2D eigenvalue weighted by molar-refractivity contribution is 5.80. The minimum Gasteiger partial charge on any atom is -0.260 e. The number of anilines is 1. The van der Waals surface area contributed by atoms with E-state index in [2.05, 4.69) is 36.1 Å². The summed E-state index contributed by atoms with van der Waals surface area (Å²) in [6, 6.07) is 8.04. The predicted octanol–water partition coefficient (Wildman–Crippen LogP) is 0.977. The molecule has 20 heavy (non-hydrogen) atoms. The van der Waals surface area contributed by atoms with Crippen molar-refractivity contribution in [1.29, 1.82) is 0 Å². The van der Waals surface area contributed by atoms with Gasteiger partial charge in [0.2, 0.25) is 0 Å². The van der Waals surface area contributed by atoms with Crippen LogP contribution in [-0.2, 0) is 0 Å². The molecule has 0 bridgehead atoms. The summed E-state index contributed by atoms with van der Waals surface area (Å²) >= 11 is 0. The maximum absolute atomic E-state index is 4.22. The molecule has 3 aromatic rings. The van der Waals surface area contributed by atoms with Crippen molar-refractivity contribution < 1.29 is 0 Å². The topological polar surface area (TPSA) is 93.2 Å². The molecule has 8 nitrogen and oxygen atoms in total. The highest BCUT2D eigenvalue weighted by Gasteiger charge is 2.06. The third kappa shape index (κ3) is 2.44. The monoisotopic (exact) mass is 268 g/mol. The molecular weight excluding hydrogens is 256 g/mol. The van der Waals surface area contributed by atoms with Crippen molar-refractivity contribution in [3.05, 3.63) is 41.1 Å². The summed E-state index contributed by atoms with van der Waals surface area (Å²) in [5.74, 6) is 0.847. The Labute approximate surface area is 114 Å². The molecule has 0 spiro atoms. The zero-order chi connectivity index (χ0) is 13.9. The molecule has 0 aliphatic carbocycles. The van der Waals surface area contributed by atoms with E-state index in [-0.39, 0.29) is 0 Å². The summed E-state index contributed by atoms with van der Waals surface area (Å²) < 4.78 is 1.27. The smallest absolute Gasteiger partial charge is 0.260 e. The first-order chi connectivity index (χ1) is 9.72. The van der Waals surface area contributed by atoms with Gasteiger partial charge in [-0.3, -0.25) is 5.43 Å². The van der Waals surface area contributed by atoms with Gasteiger partial charge in [0.15, 0.2) is 5.82 Å². The van der Waals surface area contributed by atoms with Crippen LogP contribution in [0.2, 0.25) is 0 Å². The molecule has 0 radical (unpaired) electrons. The van der Waals surface area contributed by atoms with Gasteiger partial charge in [-0.25, -0.2) is 0 Å². The summed E-state index contributed by atoms with van der Waals surface area (Å²) in [6.07, 6.45) is 1.72. The van der Waals surface area contributed by atoms with Crippen molar-refractivity contribution in [3.8, 4) is 0 Å². The van der Waals surface area contributed by atoms with Crippen LogP contribution in [0.1, 0.15) is 16.8 Å². The number of hydrazone groups is 1. The maximum Gasteiger partial charge on any atom is 0.293 e. The zero-order valence-corrected chi connectivity index (χ0v) is 11.0. The number of aromatic nitrogens is 6. The van der Waals surface area contributed by atoms with Gasteiger partial charge in [0, 0.05) is 0 Å². The van der Waals surface area contributed by atoms with Crippen LogP contribution in [-0.4, -0.2) is 36.5 Å². The van der Waals surface area contributed by atoms with Crippen molar-refractivity contribution in [1.82, 2.24) is 30.2 Å².